The molecular weight excluding hydrogens is 405 g/mol. The first-order valence-corrected chi connectivity index (χ1v) is 8.59. The smallest absolute Gasteiger partial charge is 0.124 e. The van der Waals surface area contributed by atoms with Crippen molar-refractivity contribution in [1.82, 2.24) is 4.98 Å². The van der Waals surface area contributed by atoms with E-state index in [1.54, 1.807) is 17.4 Å². The normalized spacial score (nSPS) is 12.8. The van der Waals surface area contributed by atoms with Crippen molar-refractivity contribution in [2.24, 2.45) is 0 Å². The Morgan fingerprint density at radius 1 is 1.20 bits per heavy atom. The zero-order valence-corrected chi connectivity index (χ0v) is 14.3. The van der Waals surface area contributed by atoms with Crippen LogP contribution >= 0.6 is 43.2 Å². The predicted molar refractivity (Wildman–Crippen MR) is 89.1 cm³/mol. The Morgan fingerprint density at radius 2 is 2.00 bits per heavy atom. The highest BCUT2D eigenvalue weighted by Gasteiger charge is 2.13. The number of aromatic nitrogens is 1. The second kappa shape index (κ2) is 5.92. The Hall–Kier alpha value is -0.780. The van der Waals surface area contributed by atoms with Crippen molar-refractivity contribution in [2.75, 3.05) is 0 Å². The molecule has 0 radical (unpaired) electrons. The molecule has 0 bridgehead atoms. The molecule has 20 heavy (non-hydrogen) atoms. The zero-order valence-electron chi connectivity index (χ0n) is 10.3. The van der Waals surface area contributed by atoms with Gasteiger partial charge in [0.05, 0.1) is 15.2 Å². The molecule has 2 aromatic carbocycles. The summed E-state index contributed by atoms with van der Waals surface area (Å²) in [6.07, 6.45) is 0.745. The largest absolute Gasteiger partial charge is 0.241 e. The summed E-state index contributed by atoms with van der Waals surface area (Å²) in [7, 11) is 0. The fourth-order valence-corrected chi connectivity index (χ4v) is 4.32. The van der Waals surface area contributed by atoms with Crippen molar-refractivity contribution in [1.29, 1.82) is 0 Å². The van der Waals surface area contributed by atoms with Gasteiger partial charge >= 0.3 is 0 Å². The van der Waals surface area contributed by atoms with E-state index in [0.717, 1.165) is 27.0 Å². The average Bonchev–Trinajstić information content (AvgIpc) is 2.79. The number of thiazole rings is 1. The molecule has 0 N–H and O–H groups in total. The standard InChI is InChI=1S/C15H10Br2FNS/c16-10-5-9(6-11(18)7-10)12(17)8-15-19-13-3-1-2-4-14(13)20-15/h1-7,12H,8H2. The summed E-state index contributed by atoms with van der Waals surface area (Å²) >= 11 is 8.63. The van der Waals surface area contributed by atoms with Gasteiger partial charge in [-0.1, -0.05) is 44.0 Å². The highest BCUT2D eigenvalue weighted by Crippen LogP contribution is 2.32. The van der Waals surface area contributed by atoms with Crippen LogP contribution in [0, 0.1) is 5.82 Å². The second-order valence-corrected chi connectivity index (χ2v) is 7.59. The van der Waals surface area contributed by atoms with E-state index in [2.05, 4.69) is 42.9 Å². The van der Waals surface area contributed by atoms with Crippen LogP contribution in [0.15, 0.2) is 46.9 Å². The van der Waals surface area contributed by atoms with Crippen molar-refractivity contribution in [2.45, 2.75) is 11.2 Å². The van der Waals surface area contributed by atoms with Gasteiger partial charge in [0, 0.05) is 15.7 Å². The molecule has 1 aromatic heterocycles. The zero-order chi connectivity index (χ0) is 14.1. The van der Waals surface area contributed by atoms with Gasteiger partial charge in [-0.3, -0.25) is 0 Å². The first kappa shape index (κ1) is 14.2. The number of alkyl halides is 1. The van der Waals surface area contributed by atoms with Gasteiger partial charge in [-0.2, -0.15) is 0 Å². The van der Waals surface area contributed by atoms with Gasteiger partial charge in [0.25, 0.3) is 0 Å². The van der Waals surface area contributed by atoms with E-state index in [1.165, 1.54) is 10.8 Å². The lowest BCUT2D eigenvalue weighted by molar-refractivity contribution is 0.624. The molecule has 5 heteroatoms. The molecule has 1 nitrogen and oxygen atoms in total. The number of nitrogens with zero attached hydrogens (tertiary/aromatic N) is 1. The van der Waals surface area contributed by atoms with Gasteiger partial charge < -0.3 is 0 Å². The van der Waals surface area contributed by atoms with Crippen LogP contribution in [0.4, 0.5) is 4.39 Å². The van der Waals surface area contributed by atoms with E-state index < -0.39 is 0 Å². The summed E-state index contributed by atoms with van der Waals surface area (Å²) in [6, 6.07) is 13.0. The Balaban J connectivity index is 1.86. The molecule has 1 atom stereocenters. The Bertz CT molecular complexity index is 703. The second-order valence-electron chi connectivity index (χ2n) is 4.45. The quantitative estimate of drug-likeness (QED) is 0.488. The van der Waals surface area contributed by atoms with E-state index in [1.807, 2.05) is 24.3 Å². The summed E-state index contributed by atoms with van der Waals surface area (Å²) in [5, 5.41) is 1.05. The summed E-state index contributed by atoms with van der Waals surface area (Å²) in [5.74, 6) is -0.233. The molecule has 0 amide bonds. The van der Waals surface area contributed by atoms with Gasteiger partial charge in [0.1, 0.15) is 5.82 Å². The number of hydrogen-bond donors (Lipinski definition) is 0. The van der Waals surface area contributed by atoms with Crippen LogP contribution in [0.1, 0.15) is 15.4 Å². The molecule has 0 aliphatic carbocycles. The fraction of sp³-hybridized carbons (Fsp3) is 0.133. The molecule has 0 aliphatic rings. The lowest BCUT2D eigenvalue weighted by atomic mass is 10.1. The molecule has 102 valence electrons. The van der Waals surface area contributed by atoms with Crippen LogP contribution in [0.5, 0.6) is 0 Å². The maximum atomic E-state index is 13.4. The lowest BCUT2D eigenvalue weighted by Gasteiger charge is -2.09. The molecule has 3 aromatic rings. The van der Waals surface area contributed by atoms with Gasteiger partial charge in [-0.25, -0.2) is 9.37 Å². The third-order valence-corrected chi connectivity index (χ3v) is 5.31. The minimum Gasteiger partial charge on any atom is -0.241 e. The van der Waals surface area contributed by atoms with E-state index in [-0.39, 0.29) is 10.6 Å². The maximum absolute atomic E-state index is 13.4. The number of fused-ring (bicyclic) bond motifs is 1. The van der Waals surface area contributed by atoms with E-state index in [0.29, 0.717) is 0 Å². The Labute approximate surface area is 137 Å². The third kappa shape index (κ3) is 3.10. The number of benzene rings is 2. The number of hydrogen-bond acceptors (Lipinski definition) is 2. The van der Waals surface area contributed by atoms with Gasteiger partial charge in [0.2, 0.25) is 0 Å². The lowest BCUT2D eigenvalue weighted by Crippen LogP contribution is -1.96. The highest BCUT2D eigenvalue weighted by molar-refractivity contribution is 9.10. The van der Waals surface area contributed by atoms with E-state index in [4.69, 9.17) is 0 Å². The molecule has 0 saturated carbocycles. The first-order chi connectivity index (χ1) is 9.61. The topological polar surface area (TPSA) is 12.9 Å². The molecule has 0 aliphatic heterocycles. The average molecular weight is 415 g/mol. The number of halogens is 3. The molecule has 0 spiro atoms. The van der Waals surface area contributed by atoms with Gasteiger partial charge in [0.15, 0.2) is 0 Å². The van der Waals surface area contributed by atoms with E-state index >= 15 is 0 Å². The predicted octanol–water partition coefficient (Wildman–Crippen LogP) is 5.88. The van der Waals surface area contributed by atoms with Crippen LogP contribution in [-0.4, -0.2) is 4.98 Å². The van der Waals surface area contributed by atoms with Crippen LogP contribution in [0.25, 0.3) is 10.2 Å². The summed E-state index contributed by atoms with van der Waals surface area (Å²) in [5.41, 5.74) is 1.93. The molecule has 1 unspecified atom stereocenters. The molecule has 0 saturated heterocycles. The number of para-hydroxylation sites is 1. The minimum atomic E-state index is -0.233. The Morgan fingerprint density at radius 3 is 2.75 bits per heavy atom. The van der Waals surface area contributed by atoms with Crippen molar-refractivity contribution >= 4 is 53.4 Å². The van der Waals surface area contributed by atoms with Crippen molar-refractivity contribution in [3.05, 3.63) is 63.3 Å². The van der Waals surface area contributed by atoms with Crippen LogP contribution < -0.4 is 0 Å². The fourth-order valence-electron chi connectivity index (χ4n) is 2.03. The van der Waals surface area contributed by atoms with Crippen molar-refractivity contribution in [3.8, 4) is 0 Å². The molecule has 0 fully saturated rings. The van der Waals surface area contributed by atoms with Gasteiger partial charge in [-0.05, 0) is 35.9 Å². The summed E-state index contributed by atoms with van der Waals surface area (Å²) in [4.78, 5) is 4.66. The van der Waals surface area contributed by atoms with E-state index in [9.17, 15) is 4.39 Å². The molecule has 1 heterocycles. The van der Waals surface area contributed by atoms with Crippen LogP contribution in [0.2, 0.25) is 0 Å². The molecular formula is C15H10Br2FNS. The summed E-state index contributed by atoms with van der Waals surface area (Å²) < 4.78 is 15.4. The first-order valence-electron chi connectivity index (χ1n) is 6.06. The molecule has 3 rings (SSSR count). The van der Waals surface area contributed by atoms with Crippen molar-refractivity contribution in [3.63, 3.8) is 0 Å². The Kier molecular flexibility index (Phi) is 4.19. The minimum absolute atomic E-state index is 0.0510. The summed E-state index contributed by atoms with van der Waals surface area (Å²) in [6.45, 7) is 0. The maximum Gasteiger partial charge on any atom is 0.124 e. The van der Waals surface area contributed by atoms with Crippen molar-refractivity contribution < 1.29 is 4.39 Å². The SMILES string of the molecule is Fc1cc(Br)cc(C(Br)Cc2nc3ccccc3s2)c1. The highest BCUT2D eigenvalue weighted by atomic mass is 79.9. The number of rotatable bonds is 3. The third-order valence-electron chi connectivity index (χ3n) is 2.94. The van der Waals surface area contributed by atoms with Crippen LogP contribution in [-0.2, 0) is 6.42 Å². The van der Waals surface area contributed by atoms with Gasteiger partial charge in [-0.15, -0.1) is 11.3 Å². The van der Waals surface area contributed by atoms with Crippen LogP contribution in [0.3, 0.4) is 0 Å². The monoisotopic (exact) mass is 413 g/mol.